The Morgan fingerprint density at radius 2 is 1.93 bits per heavy atom. The van der Waals surface area contributed by atoms with E-state index in [0.29, 0.717) is 23.4 Å². The van der Waals surface area contributed by atoms with Crippen LogP contribution in [0.3, 0.4) is 0 Å². The Morgan fingerprint density at radius 3 is 2.67 bits per heavy atom. The van der Waals surface area contributed by atoms with Gasteiger partial charge in [0.05, 0.1) is 0 Å². The Hall–Kier alpha value is -3.20. The van der Waals surface area contributed by atoms with E-state index in [2.05, 4.69) is 30.9 Å². The van der Waals surface area contributed by atoms with Gasteiger partial charge in [0.2, 0.25) is 5.89 Å². The highest BCUT2D eigenvalue weighted by Crippen LogP contribution is 2.22. The summed E-state index contributed by atoms with van der Waals surface area (Å²) in [5, 5.41) is 17.8. The first-order chi connectivity index (χ1) is 14.7. The van der Waals surface area contributed by atoms with Crippen molar-refractivity contribution in [2.75, 3.05) is 36.8 Å². The summed E-state index contributed by atoms with van der Waals surface area (Å²) in [6.45, 7) is 6.04. The molecule has 0 saturated carbocycles. The molecule has 4 rings (SSSR count). The highest BCUT2D eigenvalue weighted by Gasteiger charge is 2.13. The Morgan fingerprint density at radius 1 is 1.13 bits per heavy atom. The highest BCUT2D eigenvalue weighted by molar-refractivity contribution is 6.02. The van der Waals surface area contributed by atoms with Gasteiger partial charge in [0.25, 0.3) is 5.91 Å². The van der Waals surface area contributed by atoms with Gasteiger partial charge in [-0.3, -0.25) is 4.79 Å². The number of carbonyl (C=O) groups excluding carboxylic acids is 1. The molecule has 3 heterocycles. The molecule has 0 bridgehead atoms. The van der Waals surface area contributed by atoms with Gasteiger partial charge < -0.3 is 24.5 Å². The van der Waals surface area contributed by atoms with Gasteiger partial charge >= 0.3 is 6.01 Å². The van der Waals surface area contributed by atoms with E-state index < -0.39 is 0 Å². The maximum Gasteiger partial charge on any atom is 0.315 e. The minimum absolute atomic E-state index is 0.240. The summed E-state index contributed by atoms with van der Waals surface area (Å²) < 4.78 is 10.6. The smallest absolute Gasteiger partial charge is 0.315 e. The normalized spacial score (nSPS) is 14.6. The Bertz CT molecular complexity index is 959. The lowest BCUT2D eigenvalue weighted by molar-refractivity contribution is 0.101. The highest BCUT2D eigenvalue weighted by atomic mass is 16.5. The molecule has 9 heteroatoms. The van der Waals surface area contributed by atoms with Gasteiger partial charge in [-0.05, 0) is 70.1 Å². The van der Waals surface area contributed by atoms with Crippen molar-refractivity contribution in [2.24, 2.45) is 0 Å². The van der Waals surface area contributed by atoms with E-state index in [1.54, 1.807) is 25.1 Å². The van der Waals surface area contributed by atoms with Crippen LogP contribution in [0.1, 0.15) is 41.9 Å². The van der Waals surface area contributed by atoms with Crippen LogP contribution in [0.2, 0.25) is 0 Å². The first-order valence-corrected chi connectivity index (χ1v) is 10.3. The zero-order valence-electron chi connectivity index (χ0n) is 17.1. The zero-order valence-corrected chi connectivity index (χ0v) is 17.1. The number of piperidine rings is 1. The van der Waals surface area contributed by atoms with Crippen LogP contribution in [-0.2, 0) is 0 Å². The van der Waals surface area contributed by atoms with Gasteiger partial charge in [0, 0.05) is 23.9 Å². The van der Waals surface area contributed by atoms with Gasteiger partial charge in [-0.1, -0.05) is 16.7 Å². The number of hydrogen-bond acceptors (Lipinski definition) is 8. The van der Waals surface area contributed by atoms with Crippen LogP contribution in [0.15, 0.2) is 39.3 Å². The van der Waals surface area contributed by atoms with Crippen LogP contribution in [0.4, 0.5) is 11.7 Å². The van der Waals surface area contributed by atoms with Gasteiger partial charge in [-0.2, -0.15) is 0 Å². The first kappa shape index (κ1) is 20.1. The number of rotatable bonds is 8. The quantitative estimate of drug-likeness (QED) is 0.543. The van der Waals surface area contributed by atoms with Gasteiger partial charge in [0.1, 0.15) is 5.76 Å². The SMILES string of the molecule is Cc1cc(C(=O)Nc2ccc(-c3nnc(NCCCN4CCCCC4)o3)cc2)no1. The molecule has 0 atom stereocenters. The monoisotopic (exact) mass is 410 g/mol. The molecule has 1 aliphatic heterocycles. The Labute approximate surface area is 174 Å². The van der Waals surface area contributed by atoms with Crippen LogP contribution < -0.4 is 10.6 Å². The third-order valence-corrected chi connectivity index (χ3v) is 5.05. The summed E-state index contributed by atoms with van der Waals surface area (Å²) in [5.41, 5.74) is 1.66. The topological polar surface area (TPSA) is 109 Å². The predicted molar refractivity (Wildman–Crippen MR) is 112 cm³/mol. The minimum Gasteiger partial charge on any atom is -0.403 e. The number of aryl methyl sites for hydroxylation is 1. The van der Waals surface area contributed by atoms with Crippen LogP contribution in [0, 0.1) is 6.92 Å². The fourth-order valence-corrected chi connectivity index (χ4v) is 3.46. The van der Waals surface area contributed by atoms with Crippen molar-refractivity contribution in [3.05, 3.63) is 41.8 Å². The maximum atomic E-state index is 12.1. The van der Waals surface area contributed by atoms with Crippen LogP contribution >= 0.6 is 0 Å². The van der Waals surface area contributed by atoms with Crippen LogP contribution in [0.5, 0.6) is 0 Å². The van der Waals surface area contributed by atoms with Gasteiger partial charge in [0.15, 0.2) is 5.69 Å². The van der Waals surface area contributed by atoms with E-state index in [1.807, 2.05) is 12.1 Å². The molecule has 0 spiro atoms. The van der Waals surface area contributed by atoms with Crippen molar-refractivity contribution in [3.8, 4) is 11.5 Å². The molecule has 1 fully saturated rings. The summed E-state index contributed by atoms with van der Waals surface area (Å²) in [6.07, 6.45) is 5.01. The third kappa shape index (κ3) is 5.24. The summed E-state index contributed by atoms with van der Waals surface area (Å²) in [7, 11) is 0. The number of amides is 1. The number of aromatic nitrogens is 3. The minimum atomic E-state index is -0.326. The molecule has 9 nitrogen and oxygen atoms in total. The third-order valence-electron chi connectivity index (χ3n) is 5.05. The number of benzene rings is 1. The molecule has 1 amide bonds. The molecule has 0 radical (unpaired) electrons. The fourth-order valence-electron chi connectivity index (χ4n) is 3.46. The first-order valence-electron chi connectivity index (χ1n) is 10.3. The zero-order chi connectivity index (χ0) is 20.8. The molecule has 2 aromatic heterocycles. The largest absolute Gasteiger partial charge is 0.403 e. The van der Waals surface area contributed by atoms with E-state index in [4.69, 9.17) is 8.94 Å². The molecular weight excluding hydrogens is 384 g/mol. The second-order valence-corrected chi connectivity index (χ2v) is 7.45. The molecular formula is C21H26N6O3. The lowest BCUT2D eigenvalue weighted by atomic mass is 10.1. The lowest BCUT2D eigenvalue weighted by Crippen LogP contribution is -2.31. The summed E-state index contributed by atoms with van der Waals surface area (Å²) in [5.74, 6) is 0.690. The van der Waals surface area contributed by atoms with Crippen molar-refractivity contribution < 1.29 is 13.7 Å². The van der Waals surface area contributed by atoms with E-state index >= 15 is 0 Å². The van der Waals surface area contributed by atoms with E-state index in [9.17, 15) is 4.79 Å². The fraction of sp³-hybridized carbons (Fsp3) is 0.429. The number of likely N-dealkylation sites (tertiary alicyclic amines) is 1. The molecule has 1 saturated heterocycles. The molecule has 30 heavy (non-hydrogen) atoms. The predicted octanol–water partition coefficient (Wildman–Crippen LogP) is 3.57. The molecule has 3 aromatic rings. The lowest BCUT2D eigenvalue weighted by Gasteiger charge is -2.26. The molecule has 0 unspecified atom stereocenters. The van der Waals surface area contributed by atoms with E-state index in [-0.39, 0.29) is 11.6 Å². The van der Waals surface area contributed by atoms with Crippen molar-refractivity contribution in [1.82, 2.24) is 20.3 Å². The Kier molecular flexibility index (Phi) is 6.38. The van der Waals surface area contributed by atoms with Gasteiger partial charge in [-0.15, -0.1) is 5.10 Å². The standard InChI is InChI=1S/C21H26N6O3/c1-15-14-18(26-30-15)19(28)23-17-8-6-16(7-9-17)20-24-25-21(29-20)22-10-5-13-27-11-3-2-4-12-27/h6-9,14H,2-5,10-13H2,1H3,(H,22,25)(H,23,28). The van der Waals surface area contributed by atoms with Crippen molar-refractivity contribution >= 4 is 17.6 Å². The van der Waals surface area contributed by atoms with Crippen molar-refractivity contribution in [1.29, 1.82) is 0 Å². The Balaban J connectivity index is 1.26. The van der Waals surface area contributed by atoms with Crippen molar-refractivity contribution in [2.45, 2.75) is 32.6 Å². The van der Waals surface area contributed by atoms with Crippen LogP contribution in [0.25, 0.3) is 11.5 Å². The van der Waals surface area contributed by atoms with Crippen LogP contribution in [-0.4, -0.2) is 52.3 Å². The van der Waals surface area contributed by atoms with E-state index in [1.165, 1.54) is 32.4 Å². The number of anilines is 2. The number of nitrogens with zero attached hydrogens (tertiary/aromatic N) is 4. The van der Waals surface area contributed by atoms with E-state index in [0.717, 1.165) is 25.1 Å². The molecule has 158 valence electrons. The molecule has 1 aromatic carbocycles. The summed E-state index contributed by atoms with van der Waals surface area (Å²) in [4.78, 5) is 14.6. The molecule has 1 aliphatic rings. The maximum absolute atomic E-state index is 12.1. The number of carbonyl (C=O) groups is 1. The molecule has 2 N–H and O–H groups in total. The average Bonchev–Trinajstić information content (AvgIpc) is 3.42. The average molecular weight is 410 g/mol. The second kappa shape index (κ2) is 9.53. The number of hydrogen-bond donors (Lipinski definition) is 2. The molecule has 0 aliphatic carbocycles. The van der Waals surface area contributed by atoms with Gasteiger partial charge in [-0.25, -0.2) is 0 Å². The second-order valence-electron chi connectivity index (χ2n) is 7.45. The number of nitrogens with one attached hydrogen (secondary N) is 2. The summed E-state index contributed by atoms with van der Waals surface area (Å²) >= 11 is 0. The van der Waals surface area contributed by atoms with Crippen molar-refractivity contribution in [3.63, 3.8) is 0 Å². The summed E-state index contributed by atoms with van der Waals surface area (Å²) in [6, 6.07) is 9.19.